The van der Waals surface area contributed by atoms with Crippen LogP contribution in [0.15, 0.2) is 18.3 Å². The van der Waals surface area contributed by atoms with E-state index in [1.807, 2.05) is 17.9 Å². The minimum atomic E-state index is 0.133. The lowest BCUT2D eigenvalue weighted by Crippen LogP contribution is -2.48. The molecule has 1 fully saturated rings. The van der Waals surface area contributed by atoms with Crippen LogP contribution in [0.5, 0.6) is 0 Å². The van der Waals surface area contributed by atoms with E-state index in [1.165, 1.54) is 6.42 Å². The lowest BCUT2D eigenvalue weighted by molar-refractivity contribution is 0.0695. The number of piperidine rings is 1. The van der Waals surface area contributed by atoms with Crippen molar-refractivity contribution >= 4 is 5.91 Å². The van der Waals surface area contributed by atoms with Crippen molar-refractivity contribution < 1.29 is 4.79 Å². The van der Waals surface area contributed by atoms with Gasteiger partial charge in [-0.05, 0) is 44.9 Å². The Morgan fingerprint density at radius 1 is 1.58 bits per heavy atom. The number of aromatic nitrogens is 1. The van der Waals surface area contributed by atoms with Crippen LogP contribution in [0.3, 0.4) is 0 Å². The van der Waals surface area contributed by atoms with E-state index in [9.17, 15) is 4.79 Å². The molecule has 0 aliphatic carbocycles. The first kappa shape index (κ1) is 14.0. The van der Waals surface area contributed by atoms with E-state index >= 15 is 0 Å². The van der Waals surface area contributed by atoms with Crippen LogP contribution in [-0.2, 0) is 0 Å². The predicted octanol–water partition coefficient (Wildman–Crippen LogP) is 1.99. The third kappa shape index (κ3) is 3.77. The molecular formula is C15H23N3O. The Kier molecular flexibility index (Phi) is 4.91. The van der Waals surface area contributed by atoms with Gasteiger partial charge in [-0.1, -0.05) is 6.92 Å². The van der Waals surface area contributed by atoms with Gasteiger partial charge in [0.2, 0.25) is 0 Å². The number of carbonyl (C=O) groups is 1. The summed E-state index contributed by atoms with van der Waals surface area (Å²) in [5.74, 6) is 0.133. The molecule has 4 nitrogen and oxygen atoms in total. The smallest absolute Gasteiger partial charge is 0.254 e. The number of carbonyl (C=O) groups excluding carboxylic acids is 1. The first-order valence-corrected chi connectivity index (χ1v) is 7.16. The summed E-state index contributed by atoms with van der Waals surface area (Å²) in [6.07, 6.45) is 5.09. The highest BCUT2D eigenvalue weighted by atomic mass is 16.2. The zero-order valence-electron chi connectivity index (χ0n) is 11.9. The molecule has 1 amide bonds. The summed E-state index contributed by atoms with van der Waals surface area (Å²) in [6, 6.07) is 4.12. The van der Waals surface area contributed by atoms with E-state index in [4.69, 9.17) is 0 Å². The Morgan fingerprint density at radius 2 is 2.42 bits per heavy atom. The predicted molar refractivity (Wildman–Crippen MR) is 76.2 cm³/mol. The number of hydrogen-bond donors (Lipinski definition) is 1. The average molecular weight is 261 g/mol. The molecule has 0 bridgehead atoms. The number of amides is 1. The van der Waals surface area contributed by atoms with E-state index < -0.39 is 0 Å². The summed E-state index contributed by atoms with van der Waals surface area (Å²) < 4.78 is 0. The van der Waals surface area contributed by atoms with Crippen molar-refractivity contribution in [2.75, 3.05) is 19.6 Å². The van der Waals surface area contributed by atoms with Gasteiger partial charge in [-0.25, -0.2) is 0 Å². The molecule has 1 unspecified atom stereocenters. The second-order valence-corrected chi connectivity index (χ2v) is 5.23. The fourth-order valence-electron chi connectivity index (χ4n) is 2.54. The van der Waals surface area contributed by atoms with E-state index in [1.54, 1.807) is 12.3 Å². The van der Waals surface area contributed by atoms with Gasteiger partial charge in [-0.15, -0.1) is 0 Å². The highest BCUT2D eigenvalue weighted by molar-refractivity contribution is 5.94. The van der Waals surface area contributed by atoms with Crippen molar-refractivity contribution in [2.24, 2.45) is 0 Å². The molecule has 2 rings (SSSR count). The Bertz CT molecular complexity index is 433. The van der Waals surface area contributed by atoms with Crippen molar-refractivity contribution in [3.63, 3.8) is 0 Å². The molecule has 1 N–H and O–H groups in total. The van der Waals surface area contributed by atoms with Gasteiger partial charge in [0, 0.05) is 36.6 Å². The van der Waals surface area contributed by atoms with Crippen LogP contribution in [0, 0.1) is 6.92 Å². The Labute approximate surface area is 115 Å². The second kappa shape index (κ2) is 6.66. The molecule has 4 heteroatoms. The molecule has 1 aliphatic rings. The van der Waals surface area contributed by atoms with Crippen molar-refractivity contribution in [3.05, 3.63) is 29.6 Å². The summed E-state index contributed by atoms with van der Waals surface area (Å²) in [5.41, 5.74) is 1.65. The molecule has 0 saturated carbocycles. The van der Waals surface area contributed by atoms with Crippen molar-refractivity contribution in [1.29, 1.82) is 0 Å². The number of hydrogen-bond acceptors (Lipinski definition) is 3. The summed E-state index contributed by atoms with van der Waals surface area (Å²) in [4.78, 5) is 18.5. The SMILES string of the molecule is CCCNC1CCCN(C(=O)c2ccnc(C)c2)C1. The molecule has 1 aromatic rings. The summed E-state index contributed by atoms with van der Waals surface area (Å²) in [5, 5.41) is 3.51. The van der Waals surface area contributed by atoms with Crippen LogP contribution in [0.2, 0.25) is 0 Å². The maximum Gasteiger partial charge on any atom is 0.254 e. The van der Waals surface area contributed by atoms with Crippen molar-refractivity contribution in [3.8, 4) is 0 Å². The number of nitrogens with zero attached hydrogens (tertiary/aromatic N) is 2. The van der Waals surface area contributed by atoms with Crippen molar-refractivity contribution in [1.82, 2.24) is 15.2 Å². The van der Waals surface area contributed by atoms with Crippen LogP contribution in [0.25, 0.3) is 0 Å². The van der Waals surface area contributed by atoms with E-state index in [2.05, 4.69) is 17.2 Å². The molecule has 19 heavy (non-hydrogen) atoms. The minimum Gasteiger partial charge on any atom is -0.337 e. The monoisotopic (exact) mass is 261 g/mol. The van der Waals surface area contributed by atoms with Crippen LogP contribution in [0.1, 0.15) is 42.2 Å². The maximum atomic E-state index is 12.4. The number of pyridine rings is 1. The molecule has 1 saturated heterocycles. The first-order valence-electron chi connectivity index (χ1n) is 7.16. The quantitative estimate of drug-likeness (QED) is 0.901. The van der Waals surface area contributed by atoms with Gasteiger partial charge in [0.05, 0.1) is 0 Å². The van der Waals surface area contributed by atoms with Gasteiger partial charge < -0.3 is 10.2 Å². The van der Waals surface area contributed by atoms with Crippen LogP contribution in [0.4, 0.5) is 0 Å². The average Bonchev–Trinajstić information content (AvgIpc) is 2.44. The standard InChI is InChI=1S/C15H23N3O/c1-3-7-17-14-5-4-9-18(11-14)15(19)13-6-8-16-12(2)10-13/h6,8,10,14,17H,3-5,7,9,11H2,1-2H3. The summed E-state index contributed by atoms with van der Waals surface area (Å²) >= 11 is 0. The minimum absolute atomic E-state index is 0.133. The molecule has 104 valence electrons. The van der Waals surface area contributed by atoms with E-state index in [0.717, 1.165) is 43.7 Å². The summed E-state index contributed by atoms with van der Waals surface area (Å²) in [7, 11) is 0. The fraction of sp³-hybridized carbons (Fsp3) is 0.600. The van der Waals surface area contributed by atoms with Gasteiger partial charge >= 0.3 is 0 Å². The van der Waals surface area contributed by atoms with Crippen LogP contribution < -0.4 is 5.32 Å². The van der Waals surface area contributed by atoms with Gasteiger partial charge in [0.1, 0.15) is 0 Å². The lowest BCUT2D eigenvalue weighted by atomic mass is 10.0. The van der Waals surface area contributed by atoms with Gasteiger partial charge in [0.25, 0.3) is 5.91 Å². The molecule has 1 aliphatic heterocycles. The molecule has 0 radical (unpaired) electrons. The molecule has 1 atom stereocenters. The third-order valence-corrected chi connectivity index (χ3v) is 3.54. The fourth-order valence-corrected chi connectivity index (χ4v) is 2.54. The highest BCUT2D eigenvalue weighted by Gasteiger charge is 2.23. The van der Waals surface area contributed by atoms with E-state index in [-0.39, 0.29) is 5.91 Å². The first-order chi connectivity index (χ1) is 9.20. The highest BCUT2D eigenvalue weighted by Crippen LogP contribution is 2.14. The lowest BCUT2D eigenvalue weighted by Gasteiger charge is -2.33. The second-order valence-electron chi connectivity index (χ2n) is 5.23. The number of likely N-dealkylation sites (tertiary alicyclic amines) is 1. The molecule has 0 spiro atoms. The summed E-state index contributed by atoms with van der Waals surface area (Å²) in [6.45, 7) is 6.79. The Hall–Kier alpha value is -1.42. The van der Waals surface area contributed by atoms with Crippen LogP contribution in [-0.4, -0.2) is 41.5 Å². The zero-order valence-corrected chi connectivity index (χ0v) is 11.9. The zero-order chi connectivity index (χ0) is 13.7. The van der Waals surface area contributed by atoms with Gasteiger partial charge in [-0.2, -0.15) is 0 Å². The van der Waals surface area contributed by atoms with Gasteiger partial charge in [0.15, 0.2) is 0 Å². The number of rotatable bonds is 4. The maximum absolute atomic E-state index is 12.4. The molecule has 2 heterocycles. The topological polar surface area (TPSA) is 45.2 Å². The molecule has 0 aromatic carbocycles. The number of aryl methyl sites for hydroxylation is 1. The molecule has 1 aromatic heterocycles. The third-order valence-electron chi connectivity index (χ3n) is 3.54. The number of nitrogens with one attached hydrogen (secondary N) is 1. The Balaban J connectivity index is 1.99. The van der Waals surface area contributed by atoms with Crippen molar-refractivity contribution in [2.45, 2.75) is 39.2 Å². The Morgan fingerprint density at radius 3 is 3.16 bits per heavy atom. The van der Waals surface area contributed by atoms with Crippen LogP contribution >= 0.6 is 0 Å². The van der Waals surface area contributed by atoms with Gasteiger partial charge in [-0.3, -0.25) is 9.78 Å². The largest absolute Gasteiger partial charge is 0.337 e. The normalized spacial score (nSPS) is 19.5. The van der Waals surface area contributed by atoms with E-state index in [0.29, 0.717) is 6.04 Å². The molecular weight excluding hydrogens is 238 g/mol.